The summed E-state index contributed by atoms with van der Waals surface area (Å²) in [6.45, 7) is 1.49. The number of carbonyl (C=O) groups is 1. The second-order valence-electron chi connectivity index (χ2n) is 4.62. The fourth-order valence-corrected chi connectivity index (χ4v) is 2.35. The number of amides is 1. The van der Waals surface area contributed by atoms with Crippen molar-refractivity contribution < 1.29 is 14.3 Å². The van der Waals surface area contributed by atoms with Crippen molar-refractivity contribution in [1.29, 1.82) is 0 Å². The number of benzene rings is 1. The Hall–Kier alpha value is -1.11. The highest BCUT2D eigenvalue weighted by Crippen LogP contribution is 2.27. The summed E-state index contributed by atoms with van der Waals surface area (Å²) in [5.41, 5.74) is 6.00. The number of nitrogens with one attached hydrogen (secondary N) is 1. The van der Waals surface area contributed by atoms with E-state index in [9.17, 15) is 4.79 Å². The van der Waals surface area contributed by atoms with Crippen LogP contribution in [0, 0.1) is 5.41 Å². The maximum Gasteiger partial charge on any atom is 0.232 e. The van der Waals surface area contributed by atoms with Crippen LogP contribution in [0.2, 0.25) is 0 Å². The van der Waals surface area contributed by atoms with Crippen molar-refractivity contribution in [2.45, 2.75) is 6.54 Å². The summed E-state index contributed by atoms with van der Waals surface area (Å²) in [5.74, 6) is 0.679. The van der Waals surface area contributed by atoms with Crippen molar-refractivity contribution in [3.05, 3.63) is 28.2 Å². The molecule has 1 aromatic rings. The zero-order chi connectivity index (χ0) is 13.9. The maximum atomic E-state index is 12.1. The fraction of sp³-hybridized carbons (Fsp3) is 0.462. The van der Waals surface area contributed by atoms with Crippen molar-refractivity contribution in [2.75, 3.05) is 26.9 Å². The molecule has 1 heterocycles. The van der Waals surface area contributed by atoms with Gasteiger partial charge < -0.3 is 20.5 Å². The Morgan fingerprint density at radius 3 is 2.84 bits per heavy atom. The Labute approximate surface area is 120 Å². The molecule has 0 aliphatic carbocycles. The Kier molecular flexibility index (Phi) is 4.44. The van der Waals surface area contributed by atoms with Crippen molar-refractivity contribution >= 4 is 21.8 Å². The molecule has 0 spiro atoms. The number of nitrogens with two attached hydrogens (primary N) is 1. The van der Waals surface area contributed by atoms with Gasteiger partial charge in [0.05, 0.1) is 20.3 Å². The number of halogens is 1. The Bertz CT molecular complexity index is 469. The van der Waals surface area contributed by atoms with Gasteiger partial charge in [-0.1, -0.05) is 15.9 Å². The van der Waals surface area contributed by atoms with Crippen LogP contribution in [-0.4, -0.2) is 32.8 Å². The summed E-state index contributed by atoms with van der Waals surface area (Å²) < 4.78 is 11.3. The van der Waals surface area contributed by atoms with Crippen LogP contribution < -0.4 is 15.8 Å². The first-order chi connectivity index (χ1) is 9.11. The summed E-state index contributed by atoms with van der Waals surface area (Å²) >= 11 is 3.40. The minimum absolute atomic E-state index is 0.0664. The third kappa shape index (κ3) is 2.91. The van der Waals surface area contributed by atoms with Gasteiger partial charge in [0.1, 0.15) is 11.2 Å². The highest BCUT2D eigenvalue weighted by atomic mass is 79.9. The molecule has 0 bridgehead atoms. The average molecular weight is 329 g/mol. The lowest BCUT2D eigenvalue weighted by atomic mass is 9.85. The van der Waals surface area contributed by atoms with Crippen LogP contribution in [0.15, 0.2) is 22.7 Å². The molecule has 0 unspecified atom stereocenters. The lowest BCUT2D eigenvalue weighted by Gasteiger charge is -2.38. The summed E-state index contributed by atoms with van der Waals surface area (Å²) in [4.78, 5) is 12.1. The van der Waals surface area contributed by atoms with Crippen LogP contribution >= 0.6 is 15.9 Å². The molecule has 104 valence electrons. The van der Waals surface area contributed by atoms with Gasteiger partial charge in [0.2, 0.25) is 5.91 Å². The van der Waals surface area contributed by atoms with Crippen LogP contribution in [0.25, 0.3) is 0 Å². The van der Waals surface area contributed by atoms with Crippen LogP contribution in [0.4, 0.5) is 0 Å². The van der Waals surface area contributed by atoms with Gasteiger partial charge in [-0.05, 0) is 18.2 Å². The smallest absolute Gasteiger partial charge is 0.232 e. The highest BCUT2D eigenvalue weighted by Gasteiger charge is 2.44. The van der Waals surface area contributed by atoms with E-state index in [1.54, 1.807) is 7.11 Å². The first kappa shape index (κ1) is 14.3. The maximum absolute atomic E-state index is 12.1. The molecule has 1 saturated heterocycles. The van der Waals surface area contributed by atoms with E-state index in [0.29, 0.717) is 26.3 Å². The second-order valence-corrected chi connectivity index (χ2v) is 5.53. The normalized spacial score (nSPS) is 16.6. The summed E-state index contributed by atoms with van der Waals surface area (Å²) in [7, 11) is 1.61. The Morgan fingerprint density at radius 2 is 2.32 bits per heavy atom. The molecule has 1 aromatic carbocycles. The molecule has 1 fully saturated rings. The molecular weight excluding hydrogens is 312 g/mol. The van der Waals surface area contributed by atoms with Crippen molar-refractivity contribution in [2.24, 2.45) is 11.1 Å². The number of hydrogen-bond acceptors (Lipinski definition) is 4. The van der Waals surface area contributed by atoms with Crippen molar-refractivity contribution in [3.63, 3.8) is 0 Å². The van der Waals surface area contributed by atoms with Crippen LogP contribution in [0.1, 0.15) is 5.56 Å². The molecule has 1 aliphatic heterocycles. The lowest BCUT2D eigenvalue weighted by molar-refractivity contribution is -0.159. The first-order valence-electron chi connectivity index (χ1n) is 6.00. The number of ether oxygens (including phenoxy) is 2. The minimum Gasteiger partial charge on any atom is -0.496 e. The average Bonchev–Trinajstić information content (AvgIpc) is 2.36. The third-order valence-corrected chi connectivity index (χ3v) is 3.80. The van der Waals surface area contributed by atoms with Crippen LogP contribution in [-0.2, 0) is 16.1 Å². The molecular formula is C13H17BrN2O3. The molecule has 5 nitrogen and oxygen atoms in total. The summed E-state index contributed by atoms with van der Waals surface area (Å²) in [6.07, 6.45) is 0. The summed E-state index contributed by atoms with van der Waals surface area (Å²) in [6, 6.07) is 5.67. The second kappa shape index (κ2) is 5.90. The fourth-order valence-electron chi connectivity index (χ4n) is 1.94. The predicted molar refractivity (Wildman–Crippen MR) is 74.8 cm³/mol. The van der Waals surface area contributed by atoms with Crippen LogP contribution in [0.5, 0.6) is 5.75 Å². The molecule has 6 heteroatoms. The topological polar surface area (TPSA) is 73.6 Å². The molecule has 0 saturated carbocycles. The van der Waals surface area contributed by atoms with E-state index < -0.39 is 5.41 Å². The summed E-state index contributed by atoms with van der Waals surface area (Å²) in [5, 5.41) is 2.89. The van der Waals surface area contributed by atoms with E-state index in [4.69, 9.17) is 15.2 Å². The van der Waals surface area contributed by atoms with Gasteiger partial charge in [0, 0.05) is 23.1 Å². The van der Waals surface area contributed by atoms with E-state index >= 15 is 0 Å². The van der Waals surface area contributed by atoms with E-state index in [2.05, 4.69) is 21.2 Å². The van der Waals surface area contributed by atoms with E-state index in [1.807, 2.05) is 18.2 Å². The highest BCUT2D eigenvalue weighted by molar-refractivity contribution is 9.10. The predicted octanol–water partition coefficient (Wildman–Crippen LogP) is 1.05. The van der Waals surface area contributed by atoms with Gasteiger partial charge in [-0.3, -0.25) is 4.79 Å². The quantitative estimate of drug-likeness (QED) is 0.847. The van der Waals surface area contributed by atoms with Crippen LogP contribution in [0.3, 0.4) is 0 Å². The van der Waals surface area contributed by atoms with E-state index in [1.165, 1.54) is 0 Å². The van der Waals surface area contributed by atoms with Gasteiger partial charge >= 0.3 is 0 Å². The standard InChI is InChI=1S/C13H17BrN2O3/c1-18-11-3-2-10(14)4-9(11)5-16-12(17)13(6-15)7-19-8-13/h2-4H,5-8,15H2,1H3,(H,16,17). The molecule has 1 amide bonds. The number of rotatable bonds is 5. The molecule has 0 atom stereocenters. The Balaban J connectivity index is 2.02. The molecule has 0 aromatic heterocycles. The molecule has 2 rings (SSSR count). The first-order valence-corrected chi connectivity index (χ1v) is 6.79. The van der Waals surface area contributed by atoms with E-state index in [-0.39, 0.29) is 5.91 Å². The Morgan fingerprint density at radius 1 is 1.58 bits per heavy atom. The minimum atomic E-state index is -0.556. The largest absolute Gasteiger partial charge is 0.496 e. The molecule has 19 heavy (non-hydrogen) atoms. The molecule has 0 radical (unpaired) electrons. The van der Waals surface area contributed by atoms with Gasteiger partial charge in [-0.2, -0.15) is 0 Å². The van der Waals surface area contributed by atoms with Gasteiger partial charge in [0.15, 0.2) is 0 Å². The van der Waals surface area contributed by atoms with Gasteiger partial charge in [0.25, 0.3) is 0 Å². The lowest BCUT2D eigenvalue weighted by Crippen LogP contribution is -2.58. The number of hydrogen-bond donors (Lipinski definition) is 2. The van der Waals surface area contributed by atoms with Crippen molar-refractivity contribution in [1.82, 2.24) is 5.32 Å². The zero-order valence-electron chi connectivity index (χ0n) is 10.7. The SMILES string of the molecule is COc1ccc(Br)cc1CNC(=O)C1(CN)COC1. The monoisotopic (exact) mass is 328 g/mol. The molecule has 1 aliphatic rings. The number of carbonyl (C=O) groups excluding carboxylic acids is 1. The number of methoxy groups -OCH3 is 1. The van der Waals surface area contributed by atoms with E-state index in [0.717, 1.165) is 15.8 Å². The van der Waals surface area contributed by atoms with Gasteiger partial charge in [-0.15, -0.1) is 0 Å². The zero-order valence-corrected chi connectivity index (χ0v) is 12.3. The third-order valence-electron chi connectivity index (χ3n) is 3.31. The molecule has 3 N–H and O–H groups in total. The van der Waals surface area contributed by atoms with Crippen molar-refractivity contribution in [3.8, 4) is 5.75 Å². The van der Waals surface area contributed by atoms with Gasteiger partial charge in [-0.25, -0.2) is 0 Å².